The van der Waals surface area contributed by atoms with E-state index in [1.165, 1.54) is 0 Å². The van der Waals surface area contributed by atoms with E-state index in [1.807, 2.05) is 25.4 Å². The molecule has 1 N–H and O–H groups in total. The van der Waals surface area contributed by atoms with Gasteiger partial charge in [-0.25, -0.2) is 0 Å². The van der Waals surface area contributed by atoms with Crippen LogP contribution in [-0.2, 0) is 23.1 Å². The number of carbonyl (C=O) groups is 1. The molecule has 3 rings (SSSR count). The van der Waals surface area contributed by atoms with Crippen LogP contribution in [0.25, 0.3) is 0 Å². The zero-order valence-electron chi connectivity index (χ0n) is 12.9. The van der Waals surface area contributed by atoms with Crippen molar-refractivity contribution in [2.24, 2.45) is 13.0 Å². The van der Waals surface area contributed by atoms with Crippen molar-refractivity contribution in [2.75, 3.05) is 6.61 Å². The van der Waals surface area contributed by atoms with E-state index in [-0.39, 0.29) is 17.9 Å². The molecule has 2 atom stereocenters. The number of amides is 1. The zero-order valence-corrected chi connectivity index (χ0v) is 12.9. The quantitative estimate of drug-likeness (QED) is 0.932. The maximum atomic E-state index is 12.5. The molecule has 2 aromatic rings. The Labute approximate surface area is 134 Å². The lowest BCUT2D eigenvalue weighted by Crippen LogP contribution is -2.31. The van der Waals surface area contributed by atoms with Crippen LogP contribution in [-0.4, -0.2) is 22.3 Å². The Morgan fingerprint density at radius 2 is 2.26 bits per heavy atom. The Morgan fingerprint density at radius 3 is 2.91 bits per heavy atom. The first-order valence-corrected chi connectivity index (χ1v) is 7.54. The van der Waals surface area contributed by atoms with Gasteiger partial charge in [-0.2, -0.15) is 10.4 Å². The molecule has 1 aliphatic rings. The smallest absolute Gasteiger partial charge is 0.226 e. The van der Waals surface area contributed by atoms with Gasteiger partial charge in [-0.15, -0.1) is 0 Å². The van der Waals surface area contributed by atoms with E-state index < -0.39 is 0 Å². The molecule has 0 aliphatic carbocycles. The van der Waals surface area contributed by atoms with Crippen LogP contribution in [0.5, 0.6) is 0 Å². The molecule has 1 aliphatic heterocycles. The van der Waals surface area contributed by atoms with Gasteiger partial charge in [0.05, 0.1) is 29.9 Å². The lowest BCUT2D eigenvalue weighted by atomic mass is 9.96. The zero-order chi connectivity index (χ0) is 16.2. The summed E-state index contributed by atoms with van der Waals surface area (Å²) in [5.74, 6) is -0.210. The molecule has 1 fully saturated rings. The molecule has 1 saturated heterocycles. The summed E-state index contributed by atoms with van der Waals surface area (Å²) in [6.07, 6.45) is 4.11. The van der Waals surface area contributed by atoms with Gasteiger partial charge in [-0.1, -0.05) is 12.1 Å². The number of benzene rings is 1. The van der Waals surface area contributed by atoms with Crippen LogP contribution in [0.3, 0.4) is 0 Å². The van der Waals surface area contributed by atoms with E-state index >= 15 is 0 Å². The third-order valence-corrected chi connectivity index (χ3v) is 4.03. The van der Waals surface area contributed by atoms with Gasteiger partial charge in [0.25, 0.3) is 0 Å². The lowest BCUT2D eigenvalue weighted by Gasteiger charge is -2.17. The van der Waals surface area contributed by atoms with Gasteiger partial charge in [0, 0.05) is 32.0 Å². The summed E-state index contributed by atoms with van der Waals surface area (Å²) in [6, 6.07) is 9.27. The summed E-state index contributed by atoms with van der Waals surface area (Å²) in [6.45, 7) is 1.02. The first-order chi connectivity index (χ1) is 11.2. The molecule has 6 heteroatoms. The number of hydrogen-bond acceptors (Lipinski definition) is 4. The second kappa shape index (κ2) is 6.63. The second-order valence-electron chi connectivity index (χ2n) is 5.66. The number of nitrogens with one attached hydrogen (secondary N) is 1. The highest BCUT2D eigenvalue weighted by atomic mass is 16.5. The second-order valence-corrected chi connectivity index (χ2v) is 5.66. The summed E-state index contributed by atoms with van der Waals surface area (Å²) in [4.78, 5) is 12.5. The molecule has 0 bridgehead atoms. The fourth-order valence-electron chi connectivity index (χ4n) is 2.79. The molecule has 1 amide bonds. The van der Waals surface area contributed by atoms with Crippen molar-refractivity contribution in [1.29, 1.82) is 5.26 Å². The Morgan fingerprint density at radius 1 is 1.48 bits per heavy atom. The van der Waals surface area contributed by atoms with Crippen molar-refractivity contribution in [2.45, 2.75) is 19.1 Å². The normalized spacial score (nSPS) is 20.2. The van der Waals surface area contributed by atoms with Gasteiger partial charge < -0.3 is 10.1 Å². The molecule has 1 aromatic heterocycles. The Balaban J connectivity index is 1.61. The lowest BCUT2D eigenvalue weighted by molar-refractivity contribution is -0.126. The van der Waals surface area contributed by atoms with E-state index in [0.29, 0.717) is 25.1 Å². The van der Waals surface area contributed by atoms with Crippen molar-refractivity contribution >= 4 is 5.91 Å². The number of carbonyl (C=O) groups excluding carboxylic acids is 1. The molecule has 6 nitrogen and oxygen atoms in total. The minimum absolute atomic E-state index is 0.0132. The van der Waals surface area contributed by atoms with E-state index in [0.717, 1.165) is 11.1 Å². The summed E-state index contributed by atoms with van der Waals surface area (Å²) < 4.78 is 7.43. The van der Waals surface area contributed by atoms with Crippen LogP contribution in [0.15, 0.2) is 36.7 Å². The fourth-order valence-corrected chi connectivity index (χ4v) is 2.79. The minimum atomic E-state index is -0.232. The minimum Gasteiger partial charge on any atom is -0.373 e. The van der Waals surface area contributed by atoms with Crippen molar-refractivity contribution in [1.82, 2.24) is 15.1 Å². The average Bonchev–Trinajstić information content (AvgIpc) is 3.21. The van der Waals surface area contributed by atoms with Gasteiger partial charge in [-0.3, -0.25) is 9.48 Å². The summed E-state index contributed by atoms with van der Waals surface area (Å²) in [7, 11) is 1.85. The summed E-state index contributed by atoms with van der Waals surface area (Å²) >= 11 is 0. The van der Waals surface area contributed by atoms with E-state index in [9.17, 15) is 4.79 Å². The molecular weight excluding hydrogens is 292 g/mol. The van der Waals surface area contributed by atoms with Crippen LogP contribution in [0.2, 0.25) is 0 Å². The highest BCUT2D eigenvalue weighted by molar-refractivity contribution is 5.79. The first-order valence-electron chi connectivity index (χ1n) is 7.54. The molecule has 0 unspecified atom stereocenters. The number of ether oxygens (including phenoxy) is 1. The topological polar surface area (TPSA) is 79.9 Å². The molecule has 1 aromatic carbocycles. The largest absolute Gasteiger partial charge is 0.373 e. The Hall–Kier alpha value is -2.65. The highest BCUT2D eigenvalue weighted by Gasteiger charge is 2.35. The van der Waals surface area contributed by atoms with Gasteiger partial charge in [0.15, 0.2) is 0 Å². The molecule has 0 spiro atoms. The predicted octanol–water partition coefficient (Wildman–Crippen LogP) is 1.69. The molecule has 0 radical (unpaired) electrons. The van der Waals surface area contributed by atoms with Crippen LogP contribution < -0.4 is 5.32 Å². The van der Waals surface area contributed by atoms with Crippen molar-refractivity contribution in [3.05, 3.63) is 53.3 Å². The van der Waals surface area contributed by atoms with E-state index in [4.69, 9.17) is 10.00 Å². The number of nitrogens with zero attached hydrogens (tertiary/aromatic N) is 3. The van der Waals surface area contributed by atoms with Gasteiger partial charge >= 0.3 is 0 Å². The Bertz CT molecular complexity index is 730. The van der Waals surface area contributed by atoms with Crippen LogP contribution in [0, 0.1) is 17.2 Å². The predicted molar refractivity (Wildman–Crippen MR) is 83.0 cm³/mol. The first kappa shape index (κ1) is 15.3. The van der Waals surface area contributed by atoms with E-state index in [2.05, 4.69) is 16.5 Å². The third-order valence-electron chi connectivity index (χ3n) is 4.03. The van der Waals surface area contributed by atoms with Crippen LogP contribution in [0.1, 0.15) is 29.2 Å². The van der Waals surface area contributed by atoms with Crippen LogP contribution in [0.4, 0.5) is 0 Å². The summed E-state index contributed by atoms with van der Waals surface area (Å²) in [5.41, 5.74) is 2.51. The van der Waals surface area contributed by atoms with Gasteiger partial charge in [0.1, 0.15) is 0 Å². The highest BCUT2D eigenvalue weighted by Crippen LogP contribution is 2.34. The standard InChI is InChI=1S/C17H18N4O2/c1-21-11-14(10-20-21)16-15(6-7-23-16)17(22)19-9-13-4-2-12(8-18)3-5-13/h2-5,10-11,15-16H,6-7,9H2,1H3,(H,19,22)/t15-,16+/m0/s1. The number of aromatic nitrogens is 2. The maximum absolute atomic E-state index is 12.5. The SMILES string of the molecule is Cn1cc([C@H]2OCC[C@@H]2C(=O)NCc2ccc(C#N)cc2)cn1. The Kier molecular flexibility index (Phi) is 4.40. The number of hydrogen-bond donors (Lipinski definition) is 1. The third kappa shape index (κ3) is 3.41. The fraction of sp³-hybridized carbons (Fsp3) is 0.353. The number of nitriles is 1. The maximum Gasteiger partial charge on any atom is 0.226 e. The van der Waals surface area contributed by atoms with E-state index in [1.54, 1.807) is 23.0 Å². The number of rotatable bonds is 4. The number of aryl methyl sites for hydroxylation is 1. The molecule has 2 heterocycles. The monoisotopic (exact) mass is 310 g/mol. The molecule has 23 heavy (non-hydrogen) atoms. The average molecular weight is 310 g/mol. The van der Waals surface area contributed by atoms with Gasteiger partial charge in [0.2, 0.25) is 5.91 Å². The molecule has 118 valence electrons. The van der Waals surface area contributed by atoms with Crippen molar-refractivity contribution in [3.63, 3.8) is 0 Å². The van der Waals surface area contributed by atoms with Crippen molar-refractivity contribution in [3.8, 4) is 6.07 Å². The summed E-state index contributed by atoms with van der Waals surface area (Å²) in [5, 5.41) is 15.9. The van der Waals surface area contributed by atoms with Crippen molar-refractivity contribution < 1.29 is 9.53 Å². The van der Waals surface area contributed by atoms with Crippen LogP contribution >= 0.6 is 0 Å². The van der Waals surface area contributed by atoms with Gasteiger partial charge in [-0.05, 0) is 24.1 Å². The molecule has 0 saturated carbocycles. The molecular formula is C17H18N4O2.